The van der Waals surface area contributed by atoms with Crippen LogP contribution in [0.2, 0.25) is 0 Å². The van der Waals surface area contributed by atoms with E-state index in [0.29, 0.717) is 0 Å². The SMILES string of the molecule is CSc1ccc(C[NH2+][C@H]2C[NH+]3CCC2CC3)cc1. The quantitative estimate of drug-likeness (QED) is 0.742. The molecule has 18 heavy (non-hydrogen) atoms. The van der Waals surface area contributed by atoms with Crippen molar-refractivity contribution in [1.29, 1.82) is 0 Å². The predicted octanol–water partition coefficient (Wildman–Crippen LogP) is 0.149. The average Bonchev–Trinajstić information content (AvgIpc) is 2.47. The van der Waals surface area contributed by atoms with E-state index in [2.05, 4.69) is 35.8 Å². The molecule has 2 bridgehead atoms. The molecule has 1 aromatic carbocycles. The lowest BCUT2D eigenvalue weighted by atomic mass is 9.84. The summed E-state index contributed by atoms with van der Waals surface area (Å²) in [5, 5.41) is 2.59. The topological polar surface area (TPSA) is 21.1 Å². The van der Waals surface area contributed by atoms with Crippen LogP contribution in [0, 0.1) is 5.92 Å². The van der Waals surface area contributed by atoms with Gasteiger partial charge in [0.2, 0.25) is 0 Å². The maximum atomic E-state index is 2.59. The highest BCUT2D eigenvalue weighted by Gasteiger charge is 2.39. The minimum atomic E-state index is 0.878. The summed E-state index contributed by atoms with van der Waals surface area (Å²) in [5.41, 5.74) is 1.47. The third-order valence-electron chi connectivity index (χ3n) is 4.68. The largest absolute Gasteiger partial charge is 0.335 e. The molecule has 0 unspecified atom stereocenters. The first kappa shape index (κ1) is 12.5. The van der Waals surface area contributed by atoms with Gasteiger partial charge in [-0.15, -0.1) is 11.8 Å². The summed E-state index contributed by atoms with van der Waals surface area (Å²) in [7, 11) is 0. The lowest BCUT2D eigenvalue weighted by Crippen LogP contribution is -3.20. The molecule has 3 heteroatoms. The summed E-state index contributed by atoms with van der Waals surface area (Å²) < 4.78 is 0. The van der Waals surface area contributed by atoms with E-state index in [9.17, 15) is 0 Å². The highest BCUT2D eigenvalue weighted by atomic mass is 32.2. The van der Waals surface area contributed by atoms with Crippen LogP contribution >= 0.6 is 11.8 Å². The lowest BCUT2D eigenvalue weighted by Gasteiger charge is -2.40. The molecule has 2 nitrogen and oxygen atoms in total. The zero-order valence-electron chi connectivity index (χ0n) is 11.2. The molecule has 0 saturated carbocycles. The van der Waals surface area contributed by atoms with E-state index in [-0.39, 0.29) is 0 Å². The van der Waals surface area contributed by atoms with Crippen LogP contribution in [0.1, 0.15) is 18.4 Å². The molecular weight excluding hydrogens is 240 g/mol. The van der Waals surface area contributed by atoms with Crippen molar-refractivity contribution in [3.8, 4) is 0 Å². The molecular formula is C15H24N2S+2. The molecule has 0 aliphatic carbocycles. The van der Waals surface area contributed by atoms with Gasteiger partial charge in [0.25, 0.3) is 0 Å². The zero-order chi connectivity index (χ0) is 12.4. The second-order valence-electron chi connectivity index (χ2n) is 5.74. The van der Waals surface area contributed by atoms with Crippen LogP contribution in [-0.4, -0.2) is 31.9 Å². The number of hydrogen-bond donors (Lipinski definition) is 2. The van der Waals surface area contributed by atoms with Crippen LogP contribution in [0.5, 0.6) is 0 Å². The number of rotatable bonds is 4. The average molecular weight is 264 g/mol. The van der Waals surface area contributed by atoms with Crippen molar-refractivity contribution < 1.29 is 10.2 Å². The Labute approximate surface area is 114 Å². The Morgan fingerprint density at radius 3 is 2.50 bits per heavy atom. The van der Waals surface area contributed by atoms with Crippen LogP contribution in [0.3, 0.4) is 0 Å². The highest BCUT2D eigenvalue weighted by molar-refractivity contribution is 7.98. The number of quaternary nitrogens is 2. The number of nitrogens with one attached hydrogen (secondary N) is 1. The second kappa shape index (κ2) is 5.64. The predicted molar refractivity (Wildman–Crippen MR) is 75.9 cm³/mol. The number of hydrogen-bond acceptors (Lipinski definition) is 1. The Morgan fingerprint density at radius 2 is 1.94 bits per heavy atom. The fourth-order valence-electron chi connectivity index (χ4n) is 3.51. The van der Waals surface area contributed by atoms with Crippen LogP contribution in [0.15, 0.2) is 29.2 Å². The molecule has 0 amide bonds. The molecule has 0 aromatic heterocycles. The van der Waals surface area contributed by atoms with E-state index in [0.717, 1.165) is 18.5 Å². The molecule has 1 aromatic rings. The van der Waals surface area contributed by atoms with Crippen LogP contribution in [-0.2, 0) is 6.54 Å². The Morgan fingerprint density at radius 1 is 1.22 bits per heavy atom. The van der Waals surface area contributed by atoms with Crippen LogP contribution in [0.25, 0.3) is 0 Å². The van der Waals surface area contributed by atoms with E-state index in [1.54, 1.807) is 0 Å². The van der Waals surface area contributed by atoms with E-state index in [1.807, 2.05) is 16.7 Å². The molecule has 0 radical (unpaired) electrons. The van der Waals surface area contributed by atoms with Gasteiger partial charge in [0.15, 0.2) is 0 Å². The summed E-state index contributed by atoms with van der Waals surface area (Å²) in [6, 6.07) is 9.95. The molecule has 3 N–H and O–H groups in total. The maximum absolute atomic E-state index is 2.59. The number of thioether (sulfide) groups is 1. The fourth-order valence-corrected chi connectivity index (χ4v) is 3.91. The molecule has 3 aliphatic heterocycles. The summed E-state index contributed by atoms with van der Waals surface area (Å²) in [4.78, 5) is 3.21. The van der Waals surface area contributed by atoms with E-state index in [4.69, 9.17) is 0 Å². The maximum Gasteiger partial charge on any atom is 0.139 e. The van der Waals surface area contributed by atoms with E-state index >= 15 is 0 Å². The minimum absolute atomic E-state index is 0.878. The monoisotopic (exact) mass is 264 g/mol. The Kier molecular flexibility index (Phi) is 3.92. The molecule has 0 spiro atoms. The summed E-state index contributed by atoms with van der Waals surface area (Å²) in [6.45, 7) is 5.41. The summed E-state index contributed by atoms with van der Waals surface area (Å²) >= 11 is 1.82. The highest BCUT2D eigenvalue weighted by Crippen LogP contribution is 2.16. The number of fused-ring (bicyclic) bond motifs is 3. The van der Waals surface area contributed by atoms with Gasteiger partial charge in [-0.05, 0) is 18.4 Å². The van der Waals surface area contributed by atoms with Gasteiger partial charge in [0.1, 0.15) is 19.1 Å². The zero-order valence-corrected chi connectivity index (χ0v) is 12.0. The minimum Gasteiger partial charge on any atom is -0.335 e. The van der Waals surface area contributed by atoms with Crippen molar-refractivity contribution >= 4 is 11.8 Å². The van der Waals surface area contributed by atoms with E-state index in [1.165, 1.54) is 42.9 Å². The van der Waals surface area contributed by atoms with E-state index < -0.39 is 0 Å². The van der Waals surface area contributed by atoms with Crippen molar-refractivity contribution in [3.05, 3.63) is 29.8 Å². The Bertz CT molecular complexity index is 382. The number of benzene rings is 1. The first-order valence-corrected chi connectivity index (χ1v) is 8.37. The smallest absolute Gasteiger partial charge is 0.139 e. The molecule has 4 rings (SSSR count). The van der Waals surface area contributed by atoms with Crippen molar-refractivity contribution in [2.75, 3.05) is 25.9 Å². The molecule has 3 aliphatic rings. The van der Waals surface area contributed by atoms with Crippen molar-refractivity contribution in [2.24, 2.45) is 5.92 Å². The standard InChI is InChI=1S/C15H22N2S/c1-18-14-4-2-12(3-5-14)10-16-15-11-17-8-6-13(15)7-9-17/h2-5,13,15-16H,6-11H2,1H3/p+2/t15-/m0/s1. The molecule has 3 fully saturated rings. The van der Waals surface area contributed by atoms with Gasteiger partial charge in [-0.3, -0.25) is 0 Å². The van der Waals surface area contributed by atoms with Gasteiger partial charge in [-0.2, -0.15) is 0 Å². The fraction of sp³-hybridized carbons (Fsp3) is 0.600. The van der Waals surface area contributed by atoms with Gasteiger partial charge >= 0.3 is 0 Å². The van der Waals surface area contributed by atoms with Crippen LogP contribution < -0.4 is 10.2 Å². The first-order chi connectivity index (χ1) is 8.85. The van der Waals surface area contributed by atoms with Crippen molar-refractivity contribution in [3.63, 3.8) is 0 Å². The number of piperidine rings is 3. The van der Waals surface area contributed by atoms with Gasteiger partial charge in [-0.1, -0.05) is 12.1 Å². The summed E-state index contributed by atoms with van der Waals surface area (Å²) in [6.07, 6.45) is 5.06. The Hall–Kier alpha value is -0.510. The molecule has 98 valence electrons. The third-order valence-corrected chi connectivity index (χ3v) is 5.43. The molecule has 3 heterocycles. The normalized spacial score (nSPS) is 30.6. The lowest BCUT2D eigenvalue weighted by molar-refractivity contribution is -0.943. The third kappa shape index (κ3) is 2.73. The van der Waals surface area contributed by atoms with Gasteiger partial charge in [0.05, 0.1) is 13.1 Å². The van der Waals surface area contributed by atoms with Crippen molar-refractivity contribution in [1.82, 2.24) is 0 Å². The van der Waals surface area contributed by atoms with Gasteiger partial charge < -0.3 is 10.2 Å². The Balaban J connectivity index is 1.54. The van der Waals surface area contributed by atoms with Gasteiger partial charge in [0, 0.05) is 29.2 Å². The first-order valence-electron chi connectivity index (χ1n) is 7.15. The molecule has 1 atom stereocenters. The second-order valence-corrected chi connectivity index (χ2v) is 6.62. The molecule has 3 saturated heterocycles. The summed E-state index contributed by atoms with van der Waals surface area (Å²) in [5.74, 6) is 0.993. The van der Waals surface area contributed by atoms with Gasteiger partial charge in [-0.25, -0.2) is 0 Å². The van der Waals surface area contributed by atoms with Crippen LogP contribution in [0.4, 0.5) is 0 Å². The van der Waals surface area contributed by atoms with Crippen molar-refractivity contribution in [2.45, 2.75) is 30.3 Å². The number of nitrogens with two attached hydrogens (primary N) is 1.